The topological polar surface area (TPSA) is 107 Å². The molecule has 6 unspecified atom stereocenters. The van der Waals surface area contributed by atoms with Crippen LogP contribution in [-0.4, -0.2) is 46.9 Å². The first kappa shape index (κ1) is 23.1. The van der Waals surface area contributed by atoms with E-state index in [0.29, 0.717) is 25.7 Å². The van der Waals surface area contributed by atoms with E-state index in [1.165, 1.54) is 13.8 Å². The van der Waals surface area contributed by atoms with Gasteiger partial charge in [-0.25, -0.2) is 0 Å². The molecule has 0 saturated heterocycles. The highest BCUT2D eigenvalue weighted by molar-refractivity contribution is 5.93. The molecule has 0 bridgehead atoms. The van der Waals surface area contributed by atoms with E-state index in [9.17, 15) is 24.3 Å². The number of allylic oxidation sites excluding steroid dienone is 1. The number of fused-ring (bicyclic) bond motifs is 5. The van der Waals surface area contributed by atoms with Crippen LogP contribution in [0.15, 0.2) is 11.6 Å². The van der Waals surface area contributed by atoms with Gasteiger partial charge in [0.25, 0.3) is 0 Å². The average molecular weight is 447 g/mol. The van der Waals surface area contributed by atoms with E-state index in [1.807, 2.05) is 6.92 Å². The van der Waals surface area contributed by atoms with Crippen molar-refractivity contribution in [3.05, 3.63) is 11.6 Å². The Morgan fingerprint density at radius 3 is 2.47 bits per heavy atom. The molecule has 7 nitrogen and oxygen atoms in total. The first-order valence-corrected chi connectivity index (χ1v) is 11.7. The number of ether oxygens (including phenoxy) is 2. The van der Waals surface area contributed by atoms with E-state index in [1.54, 1.807) is 6.08 Å². The molecule has 4 rings (SSSR count). The Kier molecular flexibility index (Phi) is 5.63. The Labute approximate surface area is 188 Å². The average Bonchev–Trinajstić information content (AvgIpc) is 2.98. The van der Waals surface area contributed by atoms with E-state index >= 15 is 0 Å². The molecule has 4 aliphatic rings. The molecular formula is C25H34O7. The zero-order chi connectivity index (χ0) is 23.5. The van der Waals surface area contributed by atoms with Crippen LogP contribution in [0.1, 0.15) is 72.6 Å². The minimum Gasteiger partial charge on any atom is -0.458 e. The largest absolute Gasteiger partial charge is 0.458 e. The molecule has 1 N–H and O–H groups in total. The van der Waals surface area contributed by atoms with E-state index in [4.69, 9.17) is 9.47 Å². The third kappa shape index (κ3) is 3.27. The van der Waals surface area contributed by atoms with Crippen LogP contribution in [0.5, 0.6) is 0 Å². The molecule has 0 aromatic rings. The SMILES string of the molecule is CC(=O)OCC(=O)[C@]1(OC(C)=O)CCC2C3CCC4=CC(=O)CCC4(C)C3C(O)CC21C. The molecule has 3 saturated carbocycles. The predicted octanol–water partition coefficient (Wildman–Crippen LogP) is 2.92. The Balaban J connectivity index is 1.72. The third-order valence-corrected chi connectivity index (χ3v) is 9.19. The molecule has 0 aliphatic heterocycles. The first-order chi connectivity index (χ1) is 14.9. The molecule has 32 heavy (non-hydrogen) atoms. The van der Waals surface area contributed by atoms with Crippen LogP contribution in [0.4, 0.5) is 0 Å². The standard InChI is InChI=1S/C25H34O7/c1-14(26)31-13-21(30)25(32-15(2)27)10-8-19-18-6-5-16-11-17(28)7-9-23(16,3)22(18)20(29)12-24(19,25)4/h11,18-20,22,29H,5-10,12-13H2,1-4H3/t18?,19?,20?,22?,23?,24?,25-/m1/s1. The van der Waals surface area contributed by atoms with Crippen molar-refractivity contribution in [2.75, 3.05) is 6.61 Å². The third-order valence-electron chi connectivity index (χ3n) is 9.19. The molecule has 4 aliphatic carbocycles. The van der Waals surface area contributed by atoms with Crippen molar-refractivity contribution in [2.24, 2.45) is 28.6 Å². The maximum Gasteiger partial charge on any atom is 0.303 e. The minimum atomic E-state index is -1.41. The van der Waals surface area contributed by atoms with E-state index < -0.39 is 41.4 Å². The monoisotopic (exact) mass is 446 g/mol. The fourth-order valence-electron chi connectivity index (χ4n) is 7.89. The van der Waals surface area contributed by atoms with Gasteiger partial charge in [0.15, 0.2) is 18.0 Å². The number of ketones is 2. The quantitative estimate of drug-likeness (QED) is 0.662. The molecule has 7 atom stereocenters. The number of esters is 2. The summed E-state index contributed by atoms with van der Waals surface area (Å²) >= 11 is 0. The summed E-state index contributed by atoms with van der Waals surface area (Å²) in [5.74, 6) is -1.10. The fraction of sp³-hybridized carbons (Fsp3) is 0.760. The van der Waals surface area contributed by atoms with Gasteiger partial charge in [-0.1, -0.05) is 19.4 Å². The van der Waals surface area contributed by atoms with Crippen molar-refractivity contribution in [1.29, 1.82) is 0 Å². The Hall–Kier alpha value is -2.02. The van der Waals surface area contributed by atoms with Crippen LogP contribution in [0.2, 0.25) is 0 Å². The lowest BCUT2D eigenvalue weighted by molar-refractivity contribution is -0.201. The number of carbonyl (C=O) groups excluding carboxylic acids is 4. The molecule has 0 aromatic carbocycles. The van der Waals surface area contributed by atoms with Crippen molar-refractivity contribution in [3.8, 4) is 0 Å². The molecular weight excluding hydrogens is 412 g/mol. The molecule has 0 radical (unpaired) electrons. The van der Waals surface area contributed by atoms with Gasteiger partial charge in [-0.05, 0) is 67.8 Å². The van der Waals surface area contributed by atoms with E-state index in [0.717, 1.165) is 24.8 Å². The summed E-state index contributed by atoms with van der Waals surface area (Å²) in [7, 11) is 0. The second kappa shape index (κ2) is 7.79. The number of carbonyl (C=O) groups is 4. The normalized spacial score (nSPS) is 42.8. The van der Waals surface area contributed by atoms with Crippen molar-refractivity contribution in [3.63, 3.8) is 0 Å². The molecule has 0 aromatic heterocycles. The zero-order valence-corrected chi connectivity index (χ0v) is 19.4. The summed E-state index contributed by atoms with van der Waals surface area (Å²) in [5.41, 5.74) is -1.25. The van der Waals surface area contributed by atoms with Crippen molar-refractivity contribution < 1.29 is 33.8 Å². The smallest absolute Gasteiger partial charge is 0.303 e. The van der Waals surface area contributed by atoms with Gasteiger partial charge < -0.3 is 14.6 Å². The summed E-state index contributed by atoms with van der Waals surface area (Å²) in [6.45, 7) is 6.22. The van der Waals surface area contributed by atoms with Crippen molar-refractivity contribution in [2.45, 2.75) is 84.3 Å². The molecule has 0 amide bonds. The molecule has 0 spiro atoms. The first-order valence-electron chi connectivity index (χ1n) is 11.7. The van der Waals surface area contributed by atoms with Crippen LogP contribution in [-0.2, 0) is 28.7 Å². The van der Waals surface area contributed by atoms with Crippen LogP contribution in [0.25, 0.3) is 0 Å². The lowest BCUT2D eigenvalue weighted by atomic mass is 9.45. The zero-order valence-electron chi connectivity index (χ0n) is 19.4. The summed E-state index contributed by atoms with van der Waals surface area (Å²) in [4.78, 5) is 48.9. The van der Waals surface area contributed by atoms with Gasteiger partial charge in [0, 0.05) is 25.7 Å². The maximum absolute atomic E-state index is 13.4. The second-order valence-electron chi connectivity index (χ2n) is 10.7. The summed E-state index contributed by atoms with van der Waals surface area (Å²) in [5, 5.41) is 11.5. The molecule has 0 heterocycles. The summed E-state index contributed by atoms with van der Waals surface area (Å²) < 4.78 is 10.8. The van der Waals surface area contributed by atoms with Crippen LogP contribution >= 0.6 is 0 Å². The van der Waals surface area contributed by atoms with Gasteiger partial charge >= 0.3 is 11.9 Å². The van der Waals surface area contributed by atoms with Crippen LogP contribution < -0.4 is 0 Å². The van der Waals surface area contributed by atoms with Crippen LogP contribution in [0, 0.1) is 28.6 Å². The highest BCUT2D eigenvalue weighted by Gasteiger charge is 2.70. The maximum atomic E-state index is 13.4. The minimum absolute atomic E-state index is 0.00498. The second-order valence-corrected chi connectivity index (χ2v) is 10.7. The number of hydrogen-bond donors (Lipinski definition) is 1. The number of hydrogen-bond acceptors (Lipinski definition) is 7. The van der Waals surface area contributed by atoms with Gasteiger partial charge in [0.1, 0.15) is 0 Å². The van der Waals surface area contributed by atoms with Crippen molar-refractivity contribution >= 4 is 23.5 Å². The van der Waals surface area contributed by atoms with Gasteiger partial charge in [-0.15, -0.1) is 0 Å². The molecule has 176 valence electrons. The molecule has 7 heteroatoms. The van der Waals surface area contributed by atoms with Gasteiger partial charge in [0.2, 0.25) is 5.78 Å². The Morgan fingerprint density at radius 1 is 1.09 bits per heavy atom. The number of Topliss-reactive ketones (excluding diaryl/α,β-unsaturated/α-hetero) is 1. The fourth-order valence-corrected chi connectivity index (χ4v) is 7.89. The lowest BCUT2D eigenvalue weighted by Crippen LogP contribution is -2.63. The highest BCUT2D eigenvalue weighted by atomic mass is 16.6. The number of rotatable bonds is 4. The summed E-state index contributed by atoms with van der Waals surface area (Å²) in [6.07, 6.45) is 5.39. The predicted molar refractivity (Wildman–Crippen MR) is 114 cm³/mol. The Bertz CT molecular complexity index is 891. The number of aliphatic hydroxyl groups is 1. The van der Waals surface area contributed by atoms with E-state index in [-0.39, 0.29) is 29.0 Å². The lowest BCUT2D eigenvalue weighted by Gasteiger charge is -2.60. The Morgan fingerprint density at radius 2 is 1.81 bits per heavy atom. The van der Waals surface area contributed by atoms with Gasteiger partial charge in [-0.2, -0.15) is 0 Å². The van der Waals surface area contributed by atoms with Gasteiger partial charge in [-0.3, -0.25) is 19.2 Å². The number of aliphatic hydroxyl groups excluding tert-OH is 1. The van der Waals surface area contributed by atoms with Crippen LogP contribution in [0.3, 0.4) is 0 Å². The van der Waals surface area contributed by atoms with Crippen molar-refractivity contribution in [1.82, 2.24) is 0 Å². The molecule has 3 fully saturated rings. The summed E-state index contributed by atoms with van der Waals surface area (Å²) in [6, 6.07) is 0. The van der Waals surface area contributed by atoms with E-state index in [2.05, 4.69) is 6.92 Å². The highest BCUT2D eigenvalue weighted by Crippen LogP contribution is 2.68. The van der Waals surface area contributed by atoms with Gasteiger partial charge in [0.05, 0.1) is 6.10 Å².